The lowest BCUT2D eigenvalue weighted by Crippen LogP contribution is -2.72. The fourth-order valence-corrected chi connectivity index (χ4v) is 17.5. The summed E-state index contributed by atoms with van der Waals surface area (Å²) in [5.74, 6) is 0. The molecule has 2 heterocycles. The predicted octanol–water partition coefficient (Wildman–Crippen LogP) is 14.5. The number of fused-ring (bicyclic) bond motifs is 9. The number of thiophene rings is 1. The van der Waals surface area contributed by atoms with Gasteiger partial charge in [-0.05, 0) is 119 Å². The Morgan fingerprint density at radius 2 is 0.955 bits per heavy atom. The van der Waals surface area contributed by atoms with Gasteiger partial charge in [-0.2, -0.15) is 0 Å². The van der Waals surface area contributed by atoms with Crippen LogP contribution in [0.1, 0.15) is 33.1 Å². The summed E-state index contributed by atoms with van der Waals surface area (Å²) in [5.41, 5.74) is 9.25. The van der Waals surface area contributed by atoms with E-state index in [1.807, 2.05) is 18.2 Å². The third-order valence-corrected chi connectivity index (χ3v) is 20.0. The monoisotopic (exact) mass is 881 g/mol. The summed E-state index contributed by atoms with van der Waals surface area (Å²) in [6.07, 6.45) is 0. The Balaban J connectivity index is 0.925. The average Bonchev–Trinajstić information content (AvgIpc) is 4.05. The zero-order chi connectivity index (χ0) is 49.0. The minimum atomic E-state index is -2.84. The highest BCUT2D eigenvalue weighted by atomic mass is 32.1. The quantitative estimate of drug-likeness (QED) is 0.144. The van der Waals surface area contributed by atoms with E-state index in [4.69, 9.17) is 8.22 Å². The van der Waals surface area contributed by atoms with Crippen LogP contribution in [0.4, 0.5) is 17.1 Å². The Morgan fingerprint density at radius 3 is 1.70 bits per heavy atom. The fraction of sp³-hybridized carbons (Fsp3) is 0.0476. The maximum atomic E-state index is 8.76. The molecule has 0 saturated heterocycles. The van der Waals surface area contributed by atoms with Crippen molar-refractivity contribution in [1.29, 1.82) is 0 Å². The van der Waals surface area contributed by atoms with Gasteiger partial charge < -0.3 is 4.90 Å². The SMILES string of the molecule is [2H]C([2H])([2H])C1(C([2H])([2H])[2H])c2ccccc2-c2c(-c3ccc(N(c4ccc(-c5cccc([Si]6(c7ccccc7)c7ccccc7-c7ccccc76)c5)cc4)c4ccc5c(c4)sc4ccccc45)cc3)cccc21. The van der Waals surface area contributed by atoms with Gasteiger partial charge in [0.25, 0.3) is 0 Å². The molecule has 1 aliphatic carbocycles. The van der Waals surface area contributed by atoms with Gasteiger partial charge in [0.2, 0.25) is 0 Å². The average molecular weight is 882 g/mol. The second kappa shape index (κ2) is 15.0. The predicted molar refractivity (Wildman–Crippen MR) is 285 cm³/mol. The van der Waals surface area contributed by atoms with Crippen molar-refractivity contribution in [2.75, 3.05) is 4.90 Å². The molecule has 0 amide bonds. The Morgan fingerprint density at radius 1 is 0.394 bits per heavy atom. The van der Waals surface area contributed by atoms with Gasteiger partial charge in [-0.15, -0.1) is 11.3 Å². The van der Waals surface area contributed by atoms with Crippen LogP contribution in [0.2, 0.25) is 0 Å². The maximum absolute atomic E-state index is 8.76. The van der Waals surface area contributed by atoms with E-state index in [1.54, 1.807) is 35.6 Å². The summed E-state index contributed by atoms with van der Waals surface area (Å²) in [6.45, 7) is -5.67. The van der Waals surface area contributed by atoms with Crippen LogP contribution in [-0.2, 0) is 5.41 Å². The van der Waals surface area contributed by atoms with Crippen molar-refractivity contribution < 1.29 is 8.22 Å². The maximum Gasteiger partial charge on any atom is 0.180 e. The van der Waals surface area contributed by atoms with Crippen molar-refractivity contribution in [2.24, 2.45) is 0 Å². The molecule has 1 aliphatic heterocycles. The molecule has 2 aliphatic rings. The van der Waals surface area contributed by atoms with E-state index >= 15 is 0 Å². The molecule has 0 saturated carbocycles. The Kier molecular flexibility index (Phi) is 7.50. The molecule has 0 atom stereocenters. The Labute approximate surface area is 400 Å². The molecule has 0 radical (unpaired) electrons. The first kappa shape index (κ1) is 33.0. The van der Waals surface area contributed by atoms with Crippen LogP contribution in [0.25, 0.3) is 64.7 Å². The lowest BCUT2D eigenvalue weighted by molar-refractivity contribution is 0.660. The third kappa shape index (κ3) is 5.77. The number of hydrogen-bond donors (Lipinski definition) is 0. The van der Waals surface area contributed by atoms with Crippen LogP contribution in [-0.4, -0.2) is 8.07 Å². The number of benzene rings is 10. The smallest absolute Gasteiger partial charge is 0.180 e. The van der Waals surface area contributed by atoms with Gasteiger partial charge in [0.15, 0.2) is 8.07 Å². The van der Waals surface area contributed by atoms with Crippen LogP contribution >= 0.6 is 11.3 Å². The standard InChI is InChI=1S/C63H45NSSi/c1-63(2)56-25-10-6-23-55(56)62-50(24-15-26-57(62)63)43-32-36-46(37-33-43)64(47-38-39-52-51-20-7-11-27-58(51)65-59(52)41-47)45-34-30-42(31-35-45)44-16-14-19-49(40-44)66(48-17-4-3-5-18-48)60-28-12-8-21-53(60)54-22-9-13-29-61(54)66/h3-41H,1-2H3/i1D3,2D3. The van der Waals surface area contributed by atoms with Crippen LogP contribution < -0.4 is 25.6 Å². The molecule has 1 aromatic heterocycles. The van der Waals surface area contributed by atoms with Crippen molar-refractivity contribution in [3.8, 4) is 44.5 Å². The van der Waals surface area contributed by atoms with E-state index in [2.05, 4.69) is 199 Å². The molecule has 0 N–H and O–H groups in total. The van der Waals surface area contributed by atoms with E-state index < -0.39 is 27.2 Å². The molecule has 0 spiro atoms. The number of hydrogen-bond acceptors (Lipinski definition) is 2. The van der Waals surface area contributed by atoms with Crippen molar-refractivity contribution in [2.45, 2.75) is 19.1 Å². The number of anilines is 3. The molecular formula is C63H45NSSi. The molecule has 10 aromatic carbocycles. The van der Waals surface area contributed by atoms with Crippen molar-refractivity contribution in [3.05, 3.63) is 248 Å². The van der Waals surface area contributed by atoms with Gasteiger partial charge in [0, 0.05) is 50.9 Å². The van der Waals surface area contributed by atoms with Crippen molar-refractivity contribution >= 4 is 77.4 Å². The normalized spacial score (nSPS) is 15.6. The van der Waals surface area contributed by atoms with E-state index in [1.165, 1.54) is 52.0 Å². The van der Waals surface area contributed by atoms with E-state index in [9.17, 15) is 0 Å². The molecule has 11 aromatic rings. The summed E-state index contributed by atoms with van der Waals surface area (Å²) in [7, 11) is -2.68. The van der Waals surface area contributed by atoms with E-state index in [0.29, 0.717) is 22.3 Å². The summed E-state index contributed by atoms with van der Waals surface area (Å²) in [5, 5.41) is 8.02. The zero-order valence-corrected chi connectivity index (χ0v) is 37.7. The van der Waals surface area contributed by atoms with Crippen LogP contribution in [0.15, 0.2) is 237 Å². The topological polar surface area (TPSA) is 3.24 Å². The summed E-state index contributed by atoms with van der Waals surface area (Å²) >= 11 is 1.79. The van der Waals surface area contributed by atoms with Gasteiger partial charge >= 0.3 is 0 Å². The number of rotatable bonds is 7. The summed E-state index contributed by atoms with van der Waals surface area (Å²) < 4.78 is 55.0. The van der Waals surface area contributed by atoms with Crippen LogP contribution in [0.5, 0.6) is 0 Å². The molecule has 0 fully saturated rings. The zero-order valence-electron chi connectivity index (χ0n) is 41.9. The summed E-state index contributed by atoms with van der Waals surface area (Å²) in [4.78, 5) is 2.29. The summed E-state index contributed by atoms with van der Waals surface area (Å²) in [6, 6.07) is 83.3. The lowest BCUT2D eigenvalue weighted by Gasteiger charge is -2.31. The highest BCUT2D eigenvalue weighted by Gasteiger charge is 2.48. The number of nitrogens with zero attached hydrogens (tertiary/aromatic N) is 1. The molecule has 0 unspecified atom stereocenters. The Hall–Kier alpha value is -7.56. The molecule has 312 valence electrons. The molecule has 0 bridgehead atoms. The van der Waals surface area contributed by atoms with E-state index in [0.717, 1.165) is 39.3 Å². The van der Waals surface area contributed by atoms with Crippen molar-refractivity contribution in [1.82, 2.24) is 0 Å². The second-order valence-electron chi connectivity index (χ2n) is 17.5. The molecular weight excluding hydrogens is 831 g/mol. The Bertz CT molecular complexity index is 3860. The molecule has 1 nitrogen and oxygen atoms in total. The minimum absolute atomic E-state index is 0.310. The van der Waals surface area contributed by atoms with Gasteiger partial charge in [-0.3, -0.25) is 0 Å². The van der Waals surface area contributed by atoms with E-state index in [-0.39, 0.29) is 0 Å². The second-order valence-corrected chi connectivity index (χ2v) is 22.3. The highest BCUT2D eigenvalue weighted by Crippen LogP contribution is 2.52. The fourth-order valence-electron chi connectivity index (χ4n) is 11.1. The lowest BCUT2D eigenvalue weighted by atomic mass is 9.82. The third-order valence-electron chi connectivity index (χ3n) is 14.0. The molecule has 3 heteroatoms. The van der Waals surface area contributed by atoms with Gasteiger partial charge in [-0.1, -0.05) is 208 Å². The molecule has 66 heavy (non-hydrogen) atoms. The first-order valence-electron chi connectivity index (χ1n) is 25.5. The van der Waals surface area contributed by atoms with Gasteiger partial charge in [0.1, 0.15) is 0 Å². The highest BCUT2D eigenvalue weighted by molar-refractivity contribution is 7.26. The van der Waals surface area contributed by atoms with Gasteiger partial charge in [0.05, 0.1) is 0 Å². The van der Waals surface area contributed by atoms with Crippen LogP contribution in [0, 0.1) is 0 Å². The van der Waals surface area contributed by atoms with Crippen molar-refractivity contribution in [3.63, 3.8) is 0 Å². The van der Waals surface area contributed by atoms with Crippen LogP contribution in [0.3, 0.4) is 0 Å². The molecule has 13 rings (SSSR count). The largest absolute Gasteiger partial charge is 0.310 e. The minimum Gasteiger partial charge on any atom is -0.310 e. The van der Waals surface area contributed by atoms with Gasteiger partial charge in [-0.25, -0.2) is 0 Å². The first-order chi connectivity index (χ1) is 35.0. The first-order valence-corrected chi connectivity index (χ1v) is 25.3.